The van der Waals surface area contributed by atoms with Crippen molar-refractivity contribution in [3.8, 4) is 5.75 Å². The molecule has 108 valence electrons. The van der Waals surface area contributed by atoms with Gasteiger partial charge in [-0.25, -0.2) is 0 Å². The minimum absolute atomic E-state index is 0.316. The topological polar surface area (TPSA) is 37.0 Å². The molecule has 0 saturated carbocycles. The number of phenolic OH excluding ortho intramolecular Hbond substituents is 1. The molecule has 1 aromatic carbocycles. The Morgan fingerprint density at radius 3 is 2.75 bits per heavy atom. The van der Waals surface area contributed by atoms with Crippen LogP contribution in [0.15, 0.2) is 29.3 Å². The minimum Gasteiger partial charge on any atom is -0.508 e. The highest BCUT2D eigenvalue weighted by molar-refractivity contribution is 5.79. The summed E-state index contributed by atoms with van der Waals surface area (Å²) in [4.78, 5) is 6.51. The molecule has 3 rings (SSSR count). The summed E-state index contributed by atoms with van der Waals surface area (Å²) < 4.78 is 0. The summed E-state index contributed by atoms with van der Waals surface area (Å²) in [6.45, 7) is 3.72. The fourth-order valence-corrected chi connectivity index (χ4v) is 3.85. The first-order valence-corrected chi connectivity index (χ1v) is 7.96. The number of hydrogen-bond acceptors (Lipinski definition) is 2. The number of hydrogen-bond donors (Lipinski definition) is 2. The van der Waals surface area contributed by atoms with E-state index in [0.717, 1.165) is 24.1 Å². The zero-order valence-corrected chi connectivity index (χ0v) is 12.1. The van der Waals surface area contributed by atoms with Crippen molar-refractivity contribution in [2.45, 2.75) is 38.1 Å². The molecule has 3 atom stereocenters. The molecule has 3 heteroatoms. The average molecular weight is 273 g/mol. The summed E-state index contributed by atoms with van der Waals surface area (Å²) in [6, 6.07) is 8.12. The zero-order valence-electron chi connectivity index (χ0n) is 12.1. The van der Waals surface area contributed by atoms with Crippen molar-refractivity contribution in [3.63, 3.8) is 0 Å². The molecule has 2 fully saturated rings. The van der Waals surface area contributed by atoms with Gasteiger partial charge >= 0.3 is 0 Å². The van der Waals surface area contributed by atoms with Crippen molar-refractivity contribution in [1.82, 2.24) is 0 Å². The van der Waals surface area contributed by atoms with Gasteiger partial charge in [-0.3, -0.25) is 4.99 Å². The van der Waals surface area contributed by atoms with Crippen molar-refractivity contribution in [1.29, 1.82) is 0 Å². The Bertz CT molecular complexity index is 453. The predicted octanol–water partition coefficient (Wildman–Crippen LogP) is 1.66. The van der Waals surface area contributed by atoms with Crippen LogP contribution < -0.4 is 4.90 Å². The fraction of sp³-hybridized carbons (Fsp3) is 0.588. The highest BCUT2D eigenvalue weighted by atomic mass is 16.3. The maximum atomic E-state index is 9.27. The second kappa shape index (κ2) is 6.40. The minimum atomic E-state index is 0.316. The lowest BCUT2D eigenvalue weighted by Crippen LogP contribution is -3.18. The van der Waals surface area contributed by atoms with Crippen molar-refractivity contribution in [2.24, 2.45) is 10.9 Å². The Balaban J connectivity index is 1.58. The Hall–Kier alpha value is -1.35. The van der Waals surface area contributed by atoms with Gasteiger partial charge in [0, 0.05) is 18.7 Å². The third-order valence-electron chi connectivity index (χ3n) is 4.90. The maximum absolute atomic E-state index is 9.27. The Kier molecular flexibility index (Phi) is 4.36. The zero-order chi connectivity index (χ0) is 13.8. The van der Waals surface area contributed by atoms with Crippen molar-refractivity contribution >= 4 is 6.21 Å². The van der Waals surface area contributed by atoms with Gasteiger partial charge in [-0.1, -0.05) is 0 Å². The standard InChI is InChI=1S/C17H24N2O/c20-16-8-6-14(7-9-16)12-18-13-15-4-3-11-19-10-2-1-5-17(15)19/h6-9,12,15,17,20H,1-5,10-11,13H2/p+1/t15-,17+/m0/s1. The molecule has 0 aromatic heterocycles. The molecule has 2 aliphatic heterocycles. The normalized spacial score (nSPS) is 30.3. The summed E-state index contributed by atoms with van der Waals surface area (Å²) in [7, 11) is 0. The molecule has 2 saturated heterocycles. The predicted molar refractivity (Wildman–Crippen MR) is 81.6 cm³/mol. The largest absolute Gasteiger partial charge is 0.508 e. The van der Waals surface area contributed by atoms with E-state index in [2.05, 4.69) is 4.99 Å². The molecule has 0 spiro atoms. The van der Waals surface area contributed by atoms with Gasteiger partial charge in [0.05, 0.1) is 19.1 Å². The lowest BCUT2D eigenvalue weighted by atomic mass is 9.83. The van der Waals surface area contributed by atoms with Gasteiger partial charge in [-0.05, 0) is 61.9 Å². The quantitative estimate of drug-likeness (QED) is 0.808. The number of aromatic hydroxyl groups is 1. The second-order valence-electron chi connectivity index (χ2n) is 6.25. The van der Waals surface area contributed by atoms with E-state index < -0.39 is 0 Å². The van der Waals surface area contributed by atoms with Crippen LogP contribution >= 0.6 is 0 Å². The number of benzene rings is 1. The van der Waals surface area contributed by atoms with Gasteiger partial charge in [0.2, 0.25) is 0 Å². The van der Waals surface area contributed by atoms with Crippen LogP contribution in [0.1, 0.15) is 37.7 Å². The van der Waals surface area contributed by atoms with Crippen LogP contribution in [-0.2, 0) is 0 Å². The number of aliphatic imine (C=N–C) groups is 1. The third-order valence-corrected chi connectivity index (χ3v) is 4.90. The van der Waals surface area contributed by atoms with Gasteiger partial charge < -0.3 is 10.0 Å². The van der Waals surface area contributed by atoms with Crippen LogP contribution in [0, 0.1) is 5.92 Å². The van der Waals surface area contributed by atoms with Crippen LogP contribution in [-0.4, -0.2) is 37.0 Å². The van der Waals surface area contributed by atoms with Gasteiger partial charge in [0.15, 0.2) is 0 Å². The Morgan fingerprint density at radius 2 is 1.90 bits per heavy atom. The third kappa shape index (κ3) is 3.21. The first-order valence-electron chi connectivity index (χ1n) is 7.96. The van der Waals surface area contributed by atoms with E-state index in [9.17, 15) is 5.11 Å². The molecule has 1 unspecified atom stereocenters. The van der Waals surface area contributed by atoms with E-state index in [1.54, 1.807) is 12.1 Å². The number of fused-ring (bicyclic) bond motifs is 1. The lowest BCUT2D eigenvalue weighted by molar-refractivity contribution is -0.939. The van der Waals surface area contributed by atoms with Crippen LogP contribution in [0.3, 0.4) is 0 Å². The van der Waals surface area contributed by atoms with Crippen LogP contribution in [0.2, 0.25) is 0 Å². The fourth-order valence-electron chi connectivity index (χ4n) is 3.85. The number of rotatable bonds is 3. The molecule has 1 aromatic rings. The number of nitrogens with one attached hydrogen (secondary N) is 1. The van der Waals surface area contributed by atoms with Gasteiger partial charge in [-0.2, -0.15) is 0 Å². The molecular weight excluding hydrogens is 248 g/mol. The molecule has 0 radical (unpaired) electrons. The van der Waals surface area contributed by atoms with E-state index in [0.29, 0.717) is 5.75 Å². The van der Waals surface area contributed by atoms with E-state index in [-0.39, 0.29) is 0 Å². The summed E-state index contributed by atoms with van der Waals surface area (Å²) in [5.41, 5.74) is 1.08. The molecule has 3 nitrogen and oxygen atoms in total. The number of piperidine rings is 2. The van der Waals surface area contributed by atoms with Crippen molar-refractivity contribution in [2.75, 3.05) is 19.6 Å². The summed E-state index contributed by atoms with van der Waals surface area (Å²) >= 11 is 0. The van der Waals surface area contributed by atoms with E-state index in [1.807, 2.05) is 23.2 Å². The molecule has 0 bridgehead atoms. The highest BCUT2D eigenvalue weighted by Crippen LogP contribution is 2.20. The SMILES string of the molecule is Oc1ccc(C=NC[C@@H]2CCC[NH+]3CCCC[C@H]23)cc1. The molecule has 0 amide bonds. The second-order valence-corrected chi connectivity index (χ2v) is 6.25. The Labute approximate surface area is 121 Å². The number of quaternary nitrogens is 1. The maximum Gasteiger partial charge on any atom is 0.115 e. The number of nitrogens with zero attached hydrogens (tertiary/aromatic N) is 1. The van der Waals surface area contributed by atoms with Crippen molar-refractivity contribution in [3.05, 3.63) is 29.8 Å². The van der Waals surface area contributed by atoms with Crippen molar-refractivity contribution < 1.29 is 10.0 Å². The van der Waals surface area contributed by atoms with Gasteiger partial charge in [0.1, 0.15) is 5.75 Å². The van der Waals surface area contributed by atoms with Crippen LogP contribution in [0.25, 0.3) is 0 Å². The van der Waals surface area contributed by atoms with E-state index >= 15 is 0 Å². The average Bonchev–Trinajstić information content (AvgIpc) is 2.49. The first-order chi connectivity index (χ1) is 9.83. The number of phenols is 1. The Morgan fingerprint density at radius 1 is 1.10 bits per heavy atom. The molecule has 2 heterocycles. The molecule has 2 aliphatic rings. The van der Waals surface area contributed by atoms with E-state index in [4.69, 9.17) is 0 Å². The molecule has 0 aliphatic carbocycles. The molecule has 20 heavy (non-hydrogen) atoms. The molecule has 2 N–H and O–H groups in total. The monoisotopic (exact) mass is 273 g/mol. The summed E-state index contributed by atoms with van der Waals surface area (Å²) in [5, 5.41) is 9.27. The first kappa shape index (κ1) is 13.6. The lowest BCUT2D eigenvalue weighted by Gasteiger charge is -2.40. The van der Waals surface area contributed by atoms with Gasteiger partial charge in [0.25, 0.3) is 0 Å². The smallest absolute Gasteiger partial charge is 0.115 e. The van der Waals surface area contributed by atoms with Crippen LogP contribution in [0.5, 0.6) is 5.75 Å². The summed E-state index contributed by atoms with van der Waals surface area (Å²) in [5.74, 6) is 1.09. The van der Waals surface area contributed by atoms with E-state index in [1.165, 1.54) is 45.2 Å². The highest BCUT2D eigenvalue weighted by Gasteiger charge is 2.35. The van der Waals surface area contributed by atoms with Crippen LogP contribution in [0.4, 0.5) is 0 Å². The summed E-state index contributed by atoms with van der Waals surface area (Å²) in [6.07, 6.45) is 8.89. The van der Waals surface area contributed by atoms with Gasteiger partial charge in [-0.15, -0.1) is 0 Å². The molecular formula is C17H25N2O+.